The highest BCUT2D eigenvalue weighted by molar-refractivity contribution is 5.79. The summed E-state index contributed by atoms with van der Waals surface area (Å²) in [5.74, 6) is 0.241. The van der Waals surface area contributed by atoms with Gasteiger partial charge in [-0.3, -0.25) is 14.8 Å². The molecule has 8 nitrogen and oxygen atoms in total. The number of aryl methyl sites for hydroxylation is 1. The van der Waals surface area contributed by atoms with Crippen molar-refractivity contribution in [3.05, 3.63) is 59.5 Å². The first-order valence-electron chi connectivity index (χ1n) is 12.3. The molecule has 1 aromatic carbocycles. The summed E-state index contributed by atoms with van der Waals surface area (Å²) in [7, 11) is 1.80. The number of hydrogen-bond acceptors (Lipinski definition) is 5. The molecule has 1 fully saturated rings. The van der Waals surface area contributed by atoms with Crippen molar-refractivity contribution in [1.29, 1.82) is 0 Å². The molecule has 0 spiro atoms. The summed E-state index contributed by atoms with van der Waals surface area (Å²) in [5, 5.41) is 12.3. The van der Waals surface area contributed by atoms with Crippen LogP contribution in [-0.4, -0.2) is 73.4 Å². The number of nitrogens with zero attached hydrogens (tertiary/aromatic N) is 6. The summed E-state index contributed by atoms with van der Waals surface area (Å²) < 4.78 is 14.9. The first-order chi connectivity index (χ1) is 17.2. The number of amides is 1. The number of alkyl halides is 1. The van der Waals surface area contributed by atoms with Crippen LogP contribution >= 0.6 is 0 Å². The van der Waals surface area contributed by atoms with Crippen molar-refractivity contribution in [2.45, 2.75) is 45.8 Å². The van der Waals surface area contributed by atoms with Crippen LogP contribution in [0.1, 0.15) is 49.4 Å². The van der Waals surface area contributed by atoms with E-state index in [-0.39, 0.29) is 24.4 Å². The molecule has 4 aromatic rings. The highest BCUT2D eigenvalue weighted by Gasteiger charge is 2.29. The average Bonchev–Trinajstić information content (AvgIpc) is 3.50. The van der Waals surface area contributed by atoms with Gasteiger partial charge >= 0.3 is 0 Å². The Hall–Kier alpha value is -3.59. The Balaban J connectivity index is 1.39. The third kappa shape index (κ3) is 4.39. The van der Waals surface area contributed by atoms with Crippen LogP contribution in [0.25, 0.3) is 28.2 Å². The number of fused-ring (bicyclic) bond motifs is 1. The maximum atomic E-state index is 13.1. The van der Waals surface area contributed by atoms with Gasteiger partial charge in [0.2, 0.25) is 5.91 Å². The van der Waals surface area contributed by atoms with E-state index in [0.29, 0.717) is 13.1 Å². The van der Waals surface area contributed by atoms with Crippen LogP contribution < -0.4 is 0 Å². The lowest BCUT2D eigenvalue weighted by atomic mass is 9.93. The van der Waals surface area contributed by atoms with Crippen molar-refractivity contribution < 1.29 is 9.18 Å². The van der Waals surface area contributed by atoms with E-state index < -0.39 is 6.17 Å². The quantitative estimate of drug-likeness (QED) is 0.416. The maximum Gasteiger partial charge on any atom is 0.236 e. The smallest absolute Gasteiger partial charge is 0.236 e. The van der Waals surface area contributed by atoms with Crippen LogP contribution in [0.15, 0.2) is 42.9 Å². The third-order valence-corrected chi connectivity index (χ3v) is 7.14. The zero-order valence-corrected chi connectivity index (χ0v) is 21.4. The number of H-pyrrole nitrogens is 1. The summed E-state index contributed by atoms with van der Waals surface area (Å²) in [6, 6.07) is 10.2. The summed E-state index contributed by atoms with van der Waals surface area (Å²) in [4.78, 5) is 20.5. The topological polar surface area (TPSA) is 82.4 Å². The van der Waals surface area contributed by atoms with Gasteiger partial charge < -0.3 is 4.90 Å². The average molecular weight is 490 g/mol. The molecule has 1 N–H and O–H groups in total. The molecule has 1 aliphatic rings. The number of aromatic amines is 1. The Morgan fingerprint density at radius 2 is 1.92 bits per heavy atom. The van der Waals surface area contributed by atoms with Crippen LogP contribution in [0, 0.1) is 6.92 Å². The Labute approximate surface area is 210 Å². The SMILES string of the molecule is Cc1cc(-c2[nH]nc(-c3ccc(C(C)N(C)C(=O)CN4CC(F)C4)cc3)c2C(C)C)cn2ncnc12. The second-order valence-corrected chi connectivity index (χ2v) is 10.0. The molecule has 1 atom stereocenters. The second-order valence-electron chi connectivity index (χ2n) is 10.0. The number of nitrogens with one attached hydrogen (secondary N) is 1. The largest absolute Gasteiger partial charge is 0.338 e. The molecule has 0 saturated carbocycles. The van der Waals surface area contributed by atoms with Gasteiger partial charge in [-0.1, -0.05) is 38.1 Å². The van der Waals surface area contributed by atoms with Crippen LogP contribution in [0.3, 0.4) is 0 Å². The van der Waals surface area contributed by atoms with Gasteiger partial charge in [-0.15, -0.1) is 0 Å². The second kappa shape index (κ2) is 9.46. The number of pyridine rings is 1. The number of likely N-dealkylation sites (N-methyl/N-ethyl adjacent to an activating group) is 1. The zero-order valence-electron chi connectivity index (χ0n) is 21.4. The number of benzene rings is 1. The summed E-state index contributed by atoms with van der Waals surface area (Å²) in [6.07, 6.45) is 2.73. The minimum absolute atomic E-state index is 0.00263. The molecule has 36 heavy (non-hydrogen) atoms. The number of halogens is 1. The molecular formula is C27H32FN7O. The van der Waals surface area contributed by atoms with Gasteiger partial charge in [0.1, 0.15) is 12.5 Å². The lowest BCUT2D eigenvalue weighted by Gasteiger charge is -2.35. The fraction of sp³-hybridized carbons (Fsp3) is 0.407. The molecule has 9 heteroatoms. The molecule has 5 rings (SSSR count). The molecule has 1 amide bonds. The standard InChI is InChI=1S/C27H32FN7O/c1-16(2)24-25(31-32-26(24)21-10-17(3)27-29-15-30-35(27)11-21)20-8-6-19(7-9-20)18(4)33(5)23(36)14-34-12-22(28)13-34/h6-11,15-16,18,22H,12-14H2,1-5H3,(H,31,32). The number of carbonyl (C=O) groups is 1. The highest BCUT2D eigenvalue weighted by atomic mass is 19.1. The molecule has 0 bridgehead atoms. The van der Waals surface area contributed by atoms with Crippen molar-refractivity contribution in [3.63, 3.8) is 0 Å². The Kier molecular flexibility index (Phi) is 6.34. The number of carbonyl (C=O) groups excluding carboxylic acids is 1. The Bertz CT molecular complexity index is 1390. The normalized spacial score (nSPS) is 15.4. The zero-order chi connectivity index (χ0) is 25.6. The molecule has 4 heterocycles. The van der Waals surface area contributed by atoms with Gasteiger partial charge in [0.15, 0.2) is 5.65 Å². The fourth-order valence-electron chi connectivity index (χ4n) is 4.88. The molecule has 0 aliphatic carbocycles. The molecule has 1 unspecified atom stereocenters. The molecule has 1 saturated heterocycles. The van der Waals surface area contributed by atoms with E-state index in [1.54, 1.807) is 22.8 Å². The molecular weight excluding hydrogens is 457 g/mol. The van der Waals surface area contributed by atoms with Crippen LogP contribution in [0.5, 0.6) is 0 Å². The number of hydrogen-bond donors (Lipinski definition) is 1. The number of rotatable bonds is 7. The van der Waals surface area contributed by atoms with E-state index in [4.69, 9.17) is 5.10 Å². The summed E-state index contributed by atoms with van der Waals surface area (Å²) >= 11 is 0. The highest BCUT2D eigenvalue weighted by Crippen LogP contribution is 2.36. The lowest BCUT2D eigenvalue weighted by Crippen LogP contribution is -2.52. The predicted octanol–water partition coefficient (Wildman–Crippen LogP) is 4.39. The van der Waals surface area contributed by atoms with Gasteiger partial charge in [0.05, 0.1) is 24.0 Å². The van der Waals surface area contributed by atoms with Crippen LogP contribution in [-0.2, 0) is 4.79 Å². The van der Waals surface area contributed by atoms with Crippen LogP contribution in [0.2, 0.25) is 0 Å². The number of aromatic nitrogens is 5. The van der Waals surface area contributed by atoms with Crippen molar-refractivity contribution in [2.24, 2.45) is 0 Å². The summed E-state index contributed by atoms with van der Waals surface area (Å²) in [5.41, 5.74) is 7.99. The van der Waals surface area contributed by atoms with E-state index in [1.165, 1.54) is 0 Å². The van der Waals surface area contributed by atoms with E-state index in [2.05, 4.69) is 59.4 Å². The monoisotopic (exact) mass is 489 g/mol. The molecule has 0 radical (unpaired) electrons. The lowest BCUT2D eigenvalue weighted by molar-refractivity contribution is -0.134. The molecule has 1 aliphatic heterocycles. The Morgan fingerprint density at radius 1 is 1.19 bits per heavy atom. The first-order valence-corrected chi connectivity index (χ1v) is 12.3. The van der Waals surface area contributed by atoms with E-state index in [0.717, 1.165) is 44.9 Å². The van der Waals surface area contributed by atoms with Crippen molar-refractivity contribution >= 4 is 11.6 Å². The van der Waals surface area contributed by atoms with Crippen molar-refractivity contribution in [3.8, 4) is 22.5 Å². The van der Waals surface area contributed by atoms with Gasteiger partial charge in [-0.25, -0.2) is 13.9 Å². The molecule has 3 aromatic heterocycles. The van der Waals surface area contributed by atoms with Crippen molar-refractivity contribution in [1.82, 2.24) is 34.6 Å². The van der Waals surface area contributed by atoms with Crippen molar-refractivity contribution in [2.75, 3.05) is 26.7 Å². The minimum atomic E-state index is -0.805. The number of likely N-dealkylation sites (tertiary alicyclic amines) is 1. The fourth-order valence-corrected chi connectivity index (χ4v) is 4.88. The van der Waals surface area contributed by atoms with Crippen LogP contribution in [0.4, 0.5) is 4.39 Å². The van der Waals surface area contributed by atoms with E-state index >= 15 is 0 Å². The van der Waals surface area contributed by atoms with E-state index in [9.17, 15) is 9.18 Å². The van der Waals surface area contributed by atoms with Gasteiger partial charge in [0, 0.05) is 43.0 Å². The molecule has 188 valence electrons. The Morgan fingerprint density at radius 3 is 2.58 bits per heavy atom. The first kappa shape index (κ1) is 24.1. The third-order valence-electron chi connectivity index (χ3n) is 7.14. The van der Waals surface area contributed by atoms with Gasteiger partial charge in [-0.05, 0) is 37.0 Å². The minimum Gasteiger partial charge on any atom is -0.338 e. The van der Waals surface area contributed by atoms with Gasteiger partial charge in [0.25, 0.3) is 0 Å². The summed E-state index contributed by atoms with van der Waals surface area (Å²) in [6.45, 7) is 9.32. The van der Waals surface area contributed by atoms with E-state index in [1.807, 2.05) is 24.9 Å². The predicted molar refractivity (Wildman–Crippen MR) is 137 cm³/mol. The van der Waals surface area contributed by atoms with Gasteiger partial charge in [-0.2, -0.15) is 10.2 Å². The maximum absolute atomic E-state index is 13.1.